The van der Waals surface area contributed by atoms with Crippen LogP contribution in [0.5, 0.6) is 0 Å². The molecule has 0 aliphatic carbocycles. The molecule has 0 radical (unpaired) electrons. The number of rotatable bonds is 3. The number of morpholine rings is 2. The van der Waals surface area contributed by atoms with E-state index in [0.29, 0.717) is 39.5 Å². The molecule has 5 nitrogen and oxygen atoms in total. The van der Waals surface area contributed by atoms with Crippen LogP contribution in [0.2, 0.25) is 0 Å². The average Bonchev–Trinajstić information content (AvgIpc) is 2.57. The fourth-order valence-electron chi connectivity index (χ4n) is 2.85. The molecule has 120 valence electrons. The first-order valence-electron chi connectivity index (χ1n) is 7.68. The Morgan fingerprint density at radius 3 is 2.73 bits per heavy atom. The van der Waals surface area contributed by atoms with Gasteiger partial charge in [0.1, 0.15) is 6.10 Å². The van der Waals surface area contributed by atoms with E-state index in [1.165, 1.54) is 5.56 Å². The first-order valence-corrected chi connectivity index (χ1v) is 8.47. The van der Waals surface area contributed by atoms with Crippen molar-refractivity contribution in [3.63, 3.8) is 0 Å². The molecular formula is C16H21BrN2O3. The Morgan fingerprint density at radius 1 is 1.18 bits per heavy atom. The lowest BCUT2D eigenvalue weighted by Crippen LogP contribution is -2.53. The molecule has 2 saturated heterocycles. The molecule has 1 aromatic rings. The summed E-state index contributed by atoms with van der Waals surface area (Å²) < 4.78 is 12.1. The van der Waals surface area contributed by atoms with Gasteiger partial charge in [0.05, 0.1) is 19.8 Å². The van der Waals surface area contributed by atoms with Gasteiger partial charge in [-0.25, -0.2) is 0 Å². The van der Waals surface area contributed by atoms with E-state index in [0.717, 1.165) is 17.6 Å². The van der Waals surface area contributed by atoms with Gasteiger partial charge in [0.2, 0.25) is 0 Å². The number of ether oxygens (including phenoxy) is 2. The number of halogens is 1. The second-order valence-electron chi connectivity index (χ2n) is 5.62. The maximum Gasteiger partial charge on any atom is 0.253 e. The van der Waals surface area contributed by atoms with Crippen LogP contribution in [-0.4, -0.2) is 67.8 Å². The van der Waals surface area contributed by atoms with Gasteiger partial charge in [-0.15, -0.1) is 0 Å². The number of nitrogens with zero attached hydrogens (tertiary/aromatic N) is 2. The molecule has 2 aliphatic rings. The van der Waals surface area contributed by atoms with Gasteiger partial charge >= 0.3 is 0 Å². The Balaban J connectivity index is 1.59. The standard InChI is InChI=1S/C16H21BrN2O3/c17-14-4-2-1-3-13(14)11-18-5-10-22-15(12-18)16(20)19-6-8-21-9-7-19/h1-4,15H,5-12H2. The lowest BCUT2D eigenvalue weighted by molar-refractivity contribution is -0.153. The van der Waals surface area contributed by atoms with Crippen LogP contribution >= 0.6 is 15.9 Å². The van der Waals surface area contributed by atoms with Crippen molar-refractivity contribution >= 4 is 21.8 Å². The zero-order valence-electron chi connectivity index (χ0n) is 12.5. The topological polar surface area (TPSA) is 42.0 Å². The Kier molecular flexibility index (Phi) is 5.46. The van der Waals surface area contributed by atoms with Gasteiger partial charge < -0.3 is 14.4 Å². The summed E-state index contributed by atoms with van der Waals surface area (Å²) >= 11 is 3.58. The third-order valence-electron chi connectivity index (χ3n) is 4.10. The molecule has 1 amide bonds. The fourth-order valence-corrected chi connectivity index (χ4v) is 3.26. The minimum absolute atomic E-state index is 0.0973. The molecule has 1 atom stereocenters. The highest BCUT2D eigenvalue weighted by Gasteiger charge is 2.31. The average molecular weight is 369 g/mol. The molecule has 1 aromatic carbocycles. The lowest BCUT2D eigenvalue weighted by Gasteiger charge is -2.36. The highest BCUT2D eigenvalue weighted by Crippen LogP contribution is 2.19. The van der Waals surface area contributed by atoms with Crippen LogP contribution in [-0.2, 0) is 20.8 Å². The van der Waals surface area contributed by atoms with Gasteiger partial charge in [-0.1, -0.05) is 34.1 Å². The van der Waals surface area contributed by atoms with Gasteiger partial charge in [-0.05, 0) is 11.6 Å². The first kappa shape index (κ1) is 15.9. The van der Waals surface area contributed by atoms with Crippen molar-refractivity contribution in [1.82, 2.24) is 9.80 Å². The van der Waals surface area contributed by atoms with Crippen LogP contribution in [0.25, 0.3) is 0 Å². The molecule has 1 unspecified atom stereocenters. The number of hydrogen-bond acceptors (Lipinski definition) is 4. The predicted octanol–water partition coefficient (Wildman–Crippen LogP) is 1.51. The number of carbonyl (C=O) groups is 1. The van der Waals surface area contributed by atoms with Crippen LogP contribution in [0.3, 0.4) is 0 Å². The van der Waals surface area contributed by atoms with Gasteiger partial charge in [-0.2, -0.15) is 0 Å². The van der Waals surface area contributed by atoms with Crippen molar-refractivity contribution in [2.45, 2.75) is 12.6 Å². The van der Waals surface area contributed by atoms with Crippen molar-refractivity contribution in [3.8, 4) is 0 Å². The fraction of sp³-hybridized carbons (Fsp3) is 0.562. The molecule has 0 aromatic heterocycles. The number of amides is 1. The molecular weight excluding hydrogens is 348 g/mol. The Bertz CT molecular complexity index is 520. The molecule has 2 aliphatic heterocycles. The minimum atomic E-state index is -0.352. The highest BCUT2D eigenvalue weighted by molar-refractivity contribution is 9.10. The maximum absolute atomic E-state index is 12.5. The van der Waals surface area contributed by atoms with E-state index < -0.39 is 0 Å². The maximum atomic E-state index is 12.5. The van der Waals surface area contributed by atoms with E-state index >= 15 is 0 Å². The number of carbonyl (C=O) groups excluding carboxylic acids is 1. The Hall–Kier alpha value is -0.950. The van der Waals surface area contributed by atoms with Crippen molar-refractivity contribution in [2.75, 3.05) is 46.0 Å². The molecule has 0 saturated carbocycles. The monoisotopic (exact) mass is 368 g/mol. The van der Waals surface area contributed by atoms with E-state index in [1.807, 2.05) is 23.1 Å². The van der Waals surface area contributed by atoms with Crippen molar-refractivity contribution in [1.29, 1.82) is 0 Å². The third-order valence-corrected chi connectivity index (χ3v) is 4.87. The van der Waals surface area contributed by atoms with Gasteiger partial charge in [0, 0.05) is 37.2 Å². The quantitative estimate of drug-likeness (QED) is 0.810. The first-order chi connectivity index (χ1) is 10.7. The summed E-state index contributed by atoms with van der Waals surface area (Å²) in [6.45, 7) is 5.53. The Labute approximate surface area is 139 Å². The number of hydrogen-bond donors (Lipinski definition) is 0. The summed E-state index contributed by atoms with van der Waals surface area (Å²) in [6, 6.07) is 8.21. The van der Waals surface area contributed by atoms with E-state index in [2.05, 4.69) is 26.9 Å². The van der Waals surface area contributed by atoms with Crippen molar-refractivity contribution in [2.24, 2.45) is 0 Å². The molecule has 0 N–H and O–H groups in total. The summed E-state index contributed by atoms with van der Waals surface area (Å²) in [7, 11) is 0. The van der Waals surface area contributed by atoms with Crippen LogP contribution in [0.15, 0.2) is 28.7 Å². The molecule has 3 rings (SSSR count). The normalized spacial score (nSPS) is 23.5. The summed E-state index contributed by atoms with van der Waals surface area (Å²) in [5.41, 5.74) is 1.24. The summed E-state index contributed by atoms with van der Waals surface area (Å²) in [5.74, 6) is 0.0973. The Morgan fingerprint density at radius 2 is 1.95 bits per heavy atom. The van der Waals surface area contributed by atoms with E-state index in [-0.39, 0.29) is 12.0 Å². The van der Waals surface area contributed by atoms with E-state index in [4.69, 9.17) is 9.47 Å². The summed E-state index contributed by atoms with van der Waals surface area (Å²) in [5, 5.41) is 0. The van der Waals surface area contributed by atoms with Crippen molar-refractivity contribution < 1.29 is 14.3 Å². The zero-order chi connectivity index (χ0) is 15.4. The summed E-state index contributed by atoms with van der Waals surface area (Å²) in [4.78, 5) is 16.7. The molecule has 2 fully saturated rings. The zero-order valence-corrected chi connectivity index (χ0v) is 14.1. The second kappa shape index (κ2) is 7.55. The van der Waals surface area contributed by atoms with Gasteiger partial charge in [-0.3, -0.25) is 9.69 Å². The summed E-state index contributed by atoms with van der Waals surface area (Å²) in [6.07, 6.45) is -0.352. The van der Waals surface area contributed by atoms with Gasteiger partial charge in [0.25, 0.3) is 5.91 Å². The van der Waals surface area contributed by atoms with Crippen LogP contribution in [0.4, 0.5) is 0 Å². The smallest absolute Gasteiger partial charge is 0.253 e. The van der Waals surface area contributed by atoms with Crippen molar-refractivity contribution in [3.05, 3.63) is 34.3 Å². The minimum Gasteiger partial charge on any atom is -0.378 e. The van der Waals surface area contributed by atoms with E-state index in [9.17, 15) is 4.79 Å². The highest BCUT2D eigenvalue weighted by atomic mass is 79.9. The molecule has 22 heavy (non-hydrogen) atoms. The largest absolute Gasteiger partial charge is 0.378 e. The molecule has 6 heteroatoms. The third kappa shape index (κ3) is 3.87. The molecule has 2 heterocycles. The van der Waals surface area contributed by atoms with Crippen LogP contribution in [0, 0.1) is 0 Å². The lowest BCUT2D eigenvalue weighted by atomic mass is 10.1. The number of benzene rings is 1. The molecule has 0 bridgehead atoms. The van der Waals surface area contributed by atoms with Gasteiger partial charge in [0.15, 0.2) is 0 Å². The SMILES string of the molecule is O=C(C1CN(Cc2ccccc2Br)CCO1)N1CCOCC1. The second-order valence-corrected chi connectivity index (χ2v) is 6.48. The van der Waals surface area contributed by atoms with E-state index in [1.54, 1.807) is 0 Å². The predicted molar refractivity (Wildman–Crippen MR) is 86.6 cm³/mol. The molecule has 0 spiro atoms. The van der Waals surface area contributed by atoms with Crippen LogP contribution < -0.4 is 0 Å². The van der Waals surface area contributed by atoms with Crippen LogP contribution in [0.1, 0.15) is 5.56 Å².